The zero-order chi connectivity index (χ0) is 38.2. The third kappa shape index (κ3) is 4.98. The van der Waals surface area contributed by atoms with Crippen molar-refractivity contribution < 1.29 is 0 Å². The van der Waals surface area contributed by atoms with Crippen molar-refractivity contribution in [3.05, 3.63) is 194 Å². The minimum atomic E-state index is 0.630. The smallest absolute Gasteiger partial charge is 0.164 e. The number of para-hydroxylation sites is 4. The predicted molar refractivity (Wildman–Crippen MR) is 237 cm³/mol. The molecule has 270 valence electrons. The van der Waals surface area contributed by atoms with E-state index >= 15 is 0 Å². The van der Waals surface area contributed by atoms with E-state index < -0.39 is 0 Å². The zero-order valence-electron chi connectivity index (χ0n) is 31.2. The van der Waals surface area contributed by atoms with E-state index in [9.17, 15) is 0 Å². The second-order valence-electron chi connectivity index (χ2n) is 14.7. The molecule has 0 N–H and O–H groups in total. The van der Waals surface area contributed by atoms with E-state index in [4.69, 9.17) is 19.9 Å². The maximum absolute atomic E-state index is 5.30. The first-order chi connectivity index (χ1) is 28.8. The average Bonchev–Trinajstić information content (AvgIpc) is 3.86. The van der Waals surface area contributed by atoms with E-state index in [0.29, 0.717) is 17.5 Å². The Labute approximate surface area is 333 Å². The van der Waals surface area contributed by atoms with Gasteiger partial charge < -0.3 is 4.57 Å². The molecule has 12 rings (SSSR count). The highest BCUT2D eigenvalue weighted by Crippen LogP contribution is 2.42. The number of pyridine rings is 1. The van der Waals surface area contributed by atoms with E-state index in [2.05, 4.69) is 142 Å². The van der Waals surface area contributed by atoms with Crippen molar-refractivity contribution >= 4 is 60.2 Å². The number of hydrogen-bond acceptors (Lipinski definition) is 4. The molecule has 12 aromatic rings. The fraction of sp³-hybridized carbons (Fsp3) is 0. The van der Waals surface area contributed by atoms with Crippen LogP contribution in [-0.2, 0) is 0 Å². The average molecular weight is 741 g/mol. The fourth-order valence-corrected chi connectivity index (χ4v) is 8.73. The molecule has 0 bridgehead atoms. The topological polar surface area (TPSA) is 60.9 Å². The van der Waals surface area contributed by atoms with Gasteiger partial charge in [-0.15, -0.1) is 0 Å². The lowest BCUT2D eigenvalue weighted by Gasteiger charge is -2.13. The van der Waals surface area contributed by atoms with Crippen molar-refractivity contribution in [1.29, 1.82) is 0 Å². The van der Waals surface area contributed by atoms with Gasteiger partial charge in [-0.1, -0.05) is 146 Å². The van der Waals surface area contributed by atoms with Gasteiger partial charge in [-0.3, -0.25) is 4.40 Å². The Morgan fingerprint density at radius 1 is 0.310 bits per heavy atom. The van der Waals surface area contributed by atoms with Crippen LogP contribution in [0.2, 0.25) is 0 Å². The molecule has 0 unspecified atom stereocenters. The monoisotopic (exact) mass is 740 g/mol. The van der Waals surface area contributed by atoms with Crippen molar-refractivity contribution in [2.24, 2.45) is 0 Å². The summed E-state index contributed by atoms with van der Waals surface area (Å²) in [6, 6.07) is 67.9. The highest BCUT2D eigenvalue weighted by Gasteiger charge is 2.21. The molecule has 0 aliphatic carbocycles. The van der Waals surface area contributed by atoms with Crippen LogP contribution in [0.25, 0.3) is 111 Å². The van der Waals surface area contributed by atoms with Gasteiger partial charge in [0.1, 0.15) is 5.65 Å². The Morgan fingerprint density at radius 2 is 0.862 bits per heavy atom. The molecule has 8 aromatic carbocycles. The lowest BCUT2D eigenvalue weighted by molar-refractivity contribution is 1.07. The Balaban J connectivity index is 1.05. The van der Waals surface area contributed by atoms with Crippen LogP contribution in [0.5, 0.6) is 0 Å². The van der Waals surface area contributed by atoms with Gasteiger partial charge in [-0.2, -0.15) is 0 Å². The van der Waals surface area contributed by atoms with Gasteiger partial charge in [0.2, 0.25) is 0 Å². The Kier molecular flexibility index (Phi) is 7.13. The summed E-state index contributed by atoms with van der Waals surface area (Å²) in [5.41, 5.74) is 12.6. The molecule has 0 fully saturated rings. The molecule has 0 aliphatic heterocycles. The maximum atomic E-state index is 5.30. The van der Waals surface area contributed by atoms with Gasteiger partial charge in [0, 0.05) is 43.9 Å². The third-order valence-electron chi connectivity index (χ3n) is 11.3. The summed E-state index contributed by atoms with van der Waals surface area (Å²) < 4.78 is 4.74. The maximum Gasteiger partial charge on any atom is 0.164 e. The summed E-state index contributed by atoms with van der Waals surface area (Å²) in [6.07, 6.45) is 0. The van der Waals surface area contributed by atoms with Gasteiger partial charge in [-0.05, 0) is 65.0 Å². The van der Waals surface area contributed by atoms with Crippen LogP contribution < -0.4 is 0 Å². The highest BCUT2D eigenvalue weighted by atomic mass is 15.0. The van der Waals surface area contributed by atoms with Crippen LogP contribution in [0.4, 0.5) is 0 Å². The normalized spacial score (nSPS) is 11.8. The van der Waals surface area contributed by atoms with E-state index in [-0.39, 0.29) is 0 Å². The number of aromatic nitrogens is 6. The SMILES string of the molecule is c1ccc(-c2nc(-c3ccccc3)nc(-c3cccc(-c4cccc(-n5c6ccccc6c6c7c(ccc65)c5ccccc5n5c6ccccc6nc75)c4)c3)n2)cc1. The number of fused-ring (bicyclic) bond motifs is 12. The van der Waals surface area contributed by atoms with Crippen molar-refractivity contribution in [2.45, 2.75) is 0 Å². The number of rotatable bonds is 5. The molecular formula is C52H32N6. The Hall–Kier alpha value is -7.96. The van der Waals surface area contributed by atoms with Gasteiger partial charge in [0.15, 0.2) is 17.5 Å². The summed E-state index contributed by atoms with van der Waals surface area (Å²) in [7, 11) is 0. The van der Waals surface area contributed by atoms with Crippen LogP contribution in [0.1, 0.15) is 0 Å². The van der Waals surface area contributed by atoms with Crippen LogP contribution in [0, 0.1) is 0 Å². The van der Waals surface area contributed by atoms with Crippen LogP contribution in [-0.4, -0.2) is 28.9 Å². The second kappa shape index (κ2) is 12.8. The first-order valence-electron chi connectivity index (χ1n) is 19.5. The third-order valence-corrected chi connectivity index (χ3v) is 11.3. The van der Waals surface area contributed by atoms with Crippen molar-refractivity contribution in [3.63, 3.8) is 0 Å². The van der Waals surface area contributed by atoms with Gasteiger partial charge >= 0.3 is 0 Å². The van der Waals surface area contributed by atoms with Gasteiger partial charge in [-0.25, -0.2) is 19.9 Å². The molecule has 0 atom stereocenters. The number of imidazole rings is 1. The molecular weight excluding hydrogens is 709 g/mol. The minimum absolute atomic E-state index is 0.630. The molecule has 58 heavy (non-hydrogen) atoms. The largest absolute Gasteiger partial charge is 0.309 e. The summed E-state index contributed by atoms with van der Waals surface area (Å²) in [5, 5.41) is 5.96. The van der Waals surface area contributed by atoms with Gasteiger partial charge in [0.25, 0.3) is 0 Å². The van der Waals surface area contributed by atoms with Crippen molar-refractivity contribution in [2.75, 3.05) is 0 Å². The van der Waals surface area contributed by atoms with Crippen LogP contribution in [0.15, 0.2) is 194 Å². The zero-order valence-corrected chi connectivity index (χ0v) is 31.2. The minimum Gasteiger partial charge on any atom is -0.309 e. The number of hydrogen-bond donors (Lipinski definition) is 0. The summed E-state index contributed by atoms with van der Waals surface area (Å²) in [6.45, 7) is 0. The molecule has 0 amide bonds. The second-order valence-corrected chi connectivity index (χ2v) is 14.7. The first kappa shape index (κ1) is 32.3. The van der Waals surface area contributed by atoms with Crippen molar-refractivity contribution in [1.82, 2.24) is 28.9 Å². The quantitative estimate of drug-likeness (QED) is 0.165. The fourth-order valence-electron chi connectivity index (χ4n) is 8.73. The van der Waals surface area contributed by atoms with Crippen LogP contribution in [0.3, 0.4) is 0 Å². The first-order valence-corrected chi connectivity index (χ1v) is 19.5. The molecule has 4 aromatic heterocycles. The summed E-state index contributed by atoms with van der Waals surface area (Å²) >= 11 is 0. The van der Waals surface area contributed by atoms with E-state index in [1.807, 2.05) is 60.7 Å². The lowest BCUT2D eigenvalue weighted by atomic mass is 10.0. The number of benzene rings is 8. The van der Waals surface area contributed by atoms with Gasteiger partial charge in [0.05, 0.1) is 27.6 Å². The molecule has 0 saturated carbocycles. The molecule has 6 heteroatoms. The Bertz CT molecular complexity index is 3510. The van der Waals surface area contributed by atoms with Crippen molar-refractivity contribution in [3.8, 4) is 51.0 Å². The molecule has 0 saturated heterocycles. The number of nitrogens with zero attached hydrogens (tertiary/aromatic N) is 6. The molecule has 0 aliphatic rings. The van der Waals surface area contributed by atoms with Crippen LogP contribution >= 0.6 is 0 Å². The summed E-state index contributed by atoms with van der Waals surface area (Å²) in [5.74, 6) is 1.92. The highest BCUT2D eigenvalue weighted by molar-refractivity contribution is 6.29. The van der Waals surface area contributed by atoms with E-state index in [1.54, 1.807) is 0 Å². The standard InChI is InChI=1S/C52H32N6/c1-3-15-33(16-4-1)49-54-50(34-17-5-2-6-18-34)56-51(55-49)37-21-13-19-35(31-37)36-20-14-22-38(32-36)57-44-27-11-8-24-41(44)47-46(57)30-29-40-39-23-7-10-26-43(39)58-45-28-12-9-25-42(45)53-52(58)48(40)47/h1-32H. The summed E-state index contributed by atoms with van der Waals surface area (Å²) in [4.78, 5) is 20.2. The lowest BCUT2D eigenvalue weighted by Crippen LogP contribution is -2.00. The Morgan fingerprint density at radius 3 is 1.60 bits per heavy atom. The molecule has 4 heterocycles. The van der Waals surface area contributed by atoms with E-state index in [1.165, 1.54) is 21.5 Å². The van der Waals surface area contributed by atoms with E-state index in [0.717, 1.165) is 72.1 Å². The molecule has 0 radical (unpaired) electrons. The predicted octanol–water partition coefficient (Wildman–Crippen LogP) is 12.7. The molecule has 0 spiro atoms. The molecule has 6 nitrogen and oxygen atoms in total.